The van der Waals surface area contributed by atoms with Gasteiger partial charge in [0.15, 0.2) is 5.96 Å². The molecule has 23 heavy (non-hydrogen) atoms. The molecule has 124 valence electrons. The monoisotopic (exact) mass is 314 g/mol. The summed E-state index contributed by atoms with van der Waals surface area (Å²) in [6.07, 6.45) is 1.67. The SMILES string of the molecule is CCNC(=NCc1coc(-c2ccc(C)cc2)n1)NCC(C)C. The van der Waals surface area contributed by atoms with E-state index in [4.69, 9.17) is 4.42 Å². The van der Waals surface area contributed by atoms with Gasteiger partial charge in [-0.25, -0.2) is 9.98 Å². The lowest BCUT2D eigenvalue weighted by atomic mass is 10.1. The van der Waals surface area contributed by atoms with Crippen LogP contribution in [0.15, 0.2) is 39.9 Å². The third kappa shape index (κ3) is 5.43. The second-order valence-corrected chi connectivity index (χ2v) is 5.98. The first-order chi connectivity index (χ1) is 11.1. The van der Waals surface area contributed by atoms with Crippen LogP contribution in [0.4, 0.5) is 0 Å². The fourth-order valence-corrected chi connectivity index (χ4v) is 2.01. The molecule has 0 amide bonds. The van der Waals surface area contributed by atoms with Crippen molar-refractivity contribution in [2.45, 2.75) is 34.2 Å². The second kappa shape index (κ2) is 8.36. The predicted molar refractivity (Wildman–Crippen MR) is 94.3 cm³/mol. The highest BCUT2D eigenvalue weighted by molar-refractivity contribution is 5.79. The molecule has 0 atom stereocenters. The topological polar surface area (TPSA) is 62.5 Å². The summed E-state index contributed by atoms with van der Waals surface area (Å²) in [5, 5.41) is 6.55. The zero-order chi connectivity index (χ0) is 16.7. The number of hydrogen-bond acceptors (Lipinski definition) is 3. The Kier molecular flexibility index (Phi) is 6.20. The highest BCUT2D eigenvalue weighted by Crippen LogP contribution is 2.19. The normalized spacial score (nSPS) is 11.8. The van der Waals surface area contributed by atoms with Gasteiger partial charge in [-0.2, -0.15) is 0 Å². The van der Waals surface area contributed by atoms with Crippen LogP contribution >= 0.6 is 0 Å². The Morgan fingerprint density at radius 2 is 1.96 bits per heavy atom. The number of aliphatic imine (C=N–C) groups is 1. The van der Waals surface area contributed by atoms with Gasteiger partial charge in [0.25, 0.3) is 0 Å². The Morgan fingerprint density at radius 3 is 2.61 bits per heavy atom. The molecule has 1 heterocycles. The second-order valence-electron chi connectivity index (χ2n) is 5.98. The highest BCUT2D eigenvalue weighted by atomic mass is 16.3. The molecule has 1 aromatic heterocycles. The molecule has 1 aromatic carbocycles. The van der Waals surface area contributed by atoms with E-state index in [-0.39, 0.29) is 0 Å². The maximum Gasteiger partial charge on any atom is 0.226 e. The van der Waals surface area contributed by atoms with Crippen LogP contribution in [0.1, 0.15) is 32.0 Å². The standard InChI is InChI=1S/C18H26N4O/c1-5-19-18(20-10-13(2)3)21-11-16-12-23-17(22-16)15-8-6-14(4)7-9-15/h6-9,12-13H,5,10-11H2,1-4H3,(H2,19,20,21). The first-order valence-electron chi connectivity index (χ1n) is 8.12. The molecular formula is C18H26N4O. The van der Waals surface area contributed by atoms with Gasteiger partial charge in [-0.15, -0.1) is 0 Å². The van der Waals surface area contributed by atoms with Crippen molar-refractivity contribution < 1.29 is 4.42 Å². The van der Waals surface area contributed by atoms with E-state index in [0.717, 1.165) is 30.3 Å². The van der Waals surface area contributed by atoms with Crippen LogP contribution in [0, 0.1) is 12.8 Å². The van der Waals surface area contributed by atoms with Gasteiger partial charge in [-0.3, -0.25) is 0 Å². The Labute approximate surface area is 138 Å². The van der Waals surface area contributed by atoms with E-state index >= 15 is 0 Å². The Morgan fingerprint density at radius 1 is 1.22 bits per heavy atom. The molecule has 0 saturated carbocycles. The van der Waals surface area contributed by atoms with E-state index < -0.39 is 0 Å². The summed E-state index contributed by atoms with van der Waals surface area (Å²) in [6, 6.07) is 8.14. The summed E-state index contributed by atoms with van der Waals surface area (Å²) >= 11 is 0. The minimum Gasteiger partial charge on any atom is -0.444 e. The van der Waals surface area contributed by atoms with Gasteiger partial charge in [-0.05, 0) is 31.9 Å². The van der Waals surface area contributed by atoms with E-state index in [1.165, 1.54) is 5.56 Å². The van der Waals surface area contributed by atoms with E-state index in [9.17, 15) is 0 Å². The smallest absolute Gasteiger partial charge is 0.226 e. The molecule has 0 aliphatic heterocycles. The molecule has 2 aromatic rings. The van der Waals surface area contributed by atoms with E-state index in [0.29, 0.717) is 18.4 Å². The molecule has 2 rings (SSSR count). The van der Waals surface area contributed by atoms with Crippen LogP contribution in [0.5, 0.6) is 0 Å². The third-order valence-corrected chi connectivity index (χ3v) is 3.27. The van der Waals surface area contributed by atoms with Gasteiger partial charge in [-0.1, -0.05) is 31.5 Å². The summed E-state index contributed by atoms with van der Waals surface area (Å²) in [5.74, 6) is 2.01. The number of rotatable bonds is 6. The molecule has 5 nitrogen and oxygen atoms in total. The molecular weight excluding hydrogens is 288 g/mol. The van der Waals surface area contributed by atoms with Crippen molar-refractivity contribution in [3.05, 3.63) is 41.8 Å². The number of aromatic nitrogens is 1. The van der Waals surface area contributed by atoms with E-state index in [2.05, 4.69) is 60.4 Å². The lowest BCUT2D eigenvalue weighted by Crippen LogP contribution is -2.39. The van der Waals surface area contributed by atoms with Crippen molar-refractivity contribution in [1.82, 2.24) is 15.6 Å². The predicted octanol–water partition coefficient (Wildman–Crippen LogP) is 3.36. The molecule has 0 fully saturated rings. The largest absolute Gasteiger partial charge is 0.444 e. The Hall–Kier alpha value is -2.30. The number of oxazole rings is 1. The van der Waals surface area contributed by atoms with Crippen LogP contribution in [0.3, 0.4) is 0 Å². The van der Waals surface area contributed by atoms with Crippen molar-refractivity contribution in [3.8, 4) is 11.5 Å². The molecule has 0 aliphatic rings. The zero-order valence-corrected chi connectivity index (χ0v) is 14.4. The summed E-state index contributed by atoms with van der Waals surface area (Å²) in [7, 11) is 0. The van der Waals surface area contributed by atoms with Gasteiger partial charge in [0.1, 0.15) is 12.0 Å². The van der Waals surface area contributed by atoms with Crippen LogP contribution in [-0.4, -0.2) is 24.0 Å². The maximum absolute atomic E-state index is 5.56. The van der Waals surface area contributed by atoms with Gasteiger partial charge < -0.3 is 15.1 Å². The van der Waals surface area contributed by atoms with E-state index in [1.807, 2.05) is 12.1 Å². The van der Waals surface area contributed by atoms with Crippen molar-refractivity contribution in [2.75, 3.05) is 13.1 Å². The highest BCUT2D eigenvalue weighted by Gasteiger charge is 2.07. The van der Waals surface area contributed by atoms with E-state index in [1.54, 1.807) is 6.26 Å². The van der Waals surface area contributed by atoms with Crippen molar-refractivity contribution in [3.63, 3.8) is 0 Å². The molecule has 2 N–H and O–H groups in total. The molecule has 5 heteroatoms. The summed E-state index contributed by atoms with van der Waals surface area (Å²) < 4.78 is 5.56. The average Bonchev–Trinajstić information content (AvgIpc) is 2.99. The van der Waals surface area contributed by atoms with Crippen LogP contribution in [0.2, 0.25) is 0 Å². The molecule has 0 bridgehead atoms. The lowest BCUT2D eigenvalue weighted by molar-refractivity contribution is 0.572. The van der Waals surface area contributed by atoms with Gasteiger partial charge >= 0.3 is 0 Å². The fraction of sp³-hybridized carbons (Fsp3) is 0.444. The van der Waals surface area contributed by atoms with Crippen LogP contribution in [-0.2, 0) is 6.54 Å². The van der Waals surface area contributed by atoms with Crippen LogP contribution in [0.25, 0.3) is 11.5 Å². The molecule has 0 spiro atoms. The van der Waals surface area contributed by atoms with Gasteiger partial charge in [0.2, 0.25) is 5.89 Å². The molecule has 0 unspecified atom stereocenters. The third-order valence-electron chi connectivity index (χ3n) is 3.27. The zero-order valence-electron chi connectivity index (χ0n) is 14.4. The first kappa shape index (κ1) is 17.1. The minimum absolute atomic E-state index is 0.489. The summed E-state index contributed by atoms with van der Waals surface area (Å²) in [6.45, 7) is 10.7. The molecule has 0 aliphatic carbocycles. The number of nitrogens with zero attached hydrogens (tertiary/aromatic N) is 2. The average molecular weight is 314 g/mol. The number of aryl methyl sites for hydroxylation is 1. The number of guanidine groups is 1. The summed E-state index contributed by atoms with van der Waals surface area (Å²) in [5.41, 5.74) is 3.02. The van der Waals surface area contributed by atoms with Crippen molar-refractivity contribution in [2.24, 2.45) is 10.9 Å². The Balaban J connectivity index is 2.01. The van der Waals surface area contributed by atoms with Gasteiger partial charge in [0.05, 0.1) is 6.54 Å². The lowest BCUT2D eigenvalue weighted by Gasteiger charge is -2.12. The minimum atomic E-state index is 0.489. The molecule has 0 saturated heterocycles. The van der Waals surface area contributed by atoms with Crippen molar-refractivity contribution in [1.29, 1.82) is 0 Å². The molecule has 0 radical (unpaired) electrons. The number of hydrogen-bond donors (Lipinski definition) is 2. The quantitative estimate of drug-likeness (QED) is 0.634. The Bertz CT molecular complexity index is 629. The maximum atomic E-state index is 5.56. The number of nitrogens with one attached hydrogen (secondary N) is 2. The summed E-state index contributed by atoms with van der Waals surface area (Å²) in [4.78, 5) is 9.06. The fourth-order valence-electron chi connectivity index (χ4n) is 2.01. The van der Waals surface area contributed by atoms with Crippen molar-refractivity contribution >= 4 is 5.96 Å². The number of benzene rings is 1. The first-order valence-corrected chi connectivity index (χ1v) is 8.12. The van der Waals surface area contributed by atoms with Gasteiger partial charge in [0, 0.05) is 18.7 Å². The van der Waals surface area contributed by atoms with Crippen LogP contribution < -0.4 is 10.6 Å².